The van der Waals surface area contributed by atoms with E-state index in [0.29, 0.717) is 11.1 Å². The predicted molar refractivity (Wildman–Crippen MR) is 68.3 cm³/mol. The van der Waals surface area contributed by atoms with Crippen LogP contribution >= 0.6 is 23.1 Å². The summed E-state index contributed by atoms with van der Waals surface area (Å²) < 4.78 is 18.2. The van der Waals surface area contributed by atoms with Gasteiger partial charge in [-0.2, -0.15) is 0 Å². The van der Waals surface area contributed by atoms with Crippen LogP contribution in [0.2, 0.25) is 0 Å². The van der Waals surface area contributed by atoms with Gasteiger partial charge in [0.05, 0.1) is 7.11 Å². The molecule has 0 spiro atoms. The molecule has 0 saturated heterocycles. The van der Waals surface area contributed by atoms with Gasteiger partial charge >= 0.3 is 0 Å². The van der Waals surface area contributed by atoms with Gasteiger partial charge in [0.25, 0.3) is 0 Å². The van der Waals surface area contributed by atoms with Crippen molar-refractivity contribution in [3.8, 4) is 5.75 Å². The summed E-state index contributed by atoms with van der Waals surface area (Å²) in [5.41, 5.74) is 0. The minimum absolute atomic E-state index is 0.659. The first-order valence-electron chi connectivity index (χ1n) is 4.28. The van der Waals surface area contributed by atoms with Crippen LogP contribution in [-0.4, -0.2) is 7.11 Å². The minimum atomic E-state index is -2.71. The third-order valence-corrected chi connectivity index (χ3v) is 5.28. The van der Waals surface area contributed by atoms with Gasteiger partial charge in [-0.1, -0.05) is 13.2 Å². The van der Waals surface area contributed by atoms with Gasteiger partial charge in [0, 0.05) is 9.78 Å². The number of halogens is 1. The Hall–Kier alpha value is -0.790. The van der Waals surface area contributed by atoms with Crippen molar-refractivity contribution in [2.75, 3.05) is 7.11 Å². The van der Waals surface area contributed by atoms with Crippen LogP contribution < -0.4 is 10.0 Å². The minimum Gasteiger partial charge on any atom is -0.497 e. The molecule has 0 fully saturated rings. The highest BCUT2D eigenvalue weighted by atomic mass is 79.9. The summed E-state index contributed by atoms with van der Waals surface area (Å²) in [5, 5.41) is 0.659. The molecule has 0 aliphatic heterocycles. The van der Waals surface area contributed by atoms with Gasteiger partial charge in [-0.3, -0.25) is 0 Å². The van der Waals surface area contributed by atoms with E-state index in [0.717, 1.165) is 4.47 Å². The molecule has 0 atom stereocenters. The van der Waals surface area contributed by atoms with Crippen molar-refractivity contribution >= 4 is 28.4 Å². The maximum absolute atomic E-state index is 12.3. The Kier molecular flexibility index (Phi) is 3.95. The predicted octanol–water partition coefficient (Wildman–Crippen LogP) is 3.73. The molecule has 0 heterocycles. The lowest BCUT2D eigenvalue weighted by molar-refractivity contribution is 0.415. The zero-order valence-electron chi connectivity index (χ0n) is 8.44. The molecule has 0 aliphatic carbocycles. The second kappa shape index (κ2) is 4.82. The van der Waals surface area contributed by atoms with E-state index in [-0.39, 0.29) is 0 Å². The summed E-state index contributed by atoms with van der Waals surface area (Å²) in [6, 6.07) is 5.33. The Morgan fingerprint density at radius 3 is 2.47 bits per heavy atom. The Bertz CT molecular complexity index is 428. The molecule has 0 saturated carbocycles. The average Bonchev–Trinajstić information content (AvgIpc) is 2.28. The highest BCUT2D eigenvalue weighted by Gasteiger charge is 2.20. The number of ether oxygens (including phenoxy) is 1. The molecular formula is C11H12BrO2P. The van der Waals surface area contributed by atoms with E-state index >= 15 is 0 Å². The molecule has 15 heavy (non-hydrogen) atoms. The van der Waals surface area contributed by atoms with E-state index in [1.165, 1.54) is 11.6 Å². The quantitative estimate of drug-likeness (QED) is 0.789. The molecule has 1 rings (SSSR count). The van der Waals surface area contributed by atoms with Crippen molar-refractivity contribution in [1.29, 1.82) is 0 Å². The monoisotopic (exact) mass is 286 g/mol. The van der Waals surface area contributed by atoms with Crippen LogP contribution in [0.5, 0.6) is 5.75 Å². The Labute approximate surface area is 98.1 Å². The molecule has 0 aliphatic rings. The first kappa shape index (κ1) is 12.3. The Morgan fingerprint density at radius 1 is 1.40 bits per heavy atom. The van der Waals surface area contributed by atoms with Crippen LogP contribution in [-0.2, 0) is 4.57 Å². The molecule has 0 amide bonds. The molecule has 1 aromatic rings. The number of hydrogen-bond donors (Lipinski definition) is 0. The highest BCUT2D eigenvalue weighted by Crippen LogP contribution is 2.48. The van der Waals surface area contributed by atoms with E-state index in [2.05, 4.69) is 29.1 Å². The molecule has 4 heteroatoms. The van der Waals surface area contributed by atoms with Gasteiger partial charge in [-0.15, -0.1) is 0 Å². The molecule has 0 aromatic heterocycles. The fourth-order valence-corrected chi connectivity index (χ4v) is 3.52. The van der Waals surface area contributed by atoms with Crippen LogP contribution in [0.4, 0.5) is 0 Å². The van der Waals surface area contributed by atoms with E-state index in [1.54, 1.807) is 25.3 Å². The number of benzene rings is 1. The largest absolute Gasteiger partial charge is 0.497 e. The van der Waals surface area contributed by atoms with Crippen LogP contribution in [0.3, 0.4) is 0 Å². The van der Waals surface area contributed by atoms with Crippen molar-refractivity contribution in [2.24, 2.45) is 0 Å². The van der Waals surface area contributed by atoms with Crippen LogP contribution in [0.1, 0.15) is 0 Å². The van der Waals surface area contributed by atoms with Crippen LogP contribution in [0, 0.1) is 0 Å². The maximum Gasteiger partial charge on any atom is 0.157 e. The molecule has 0 radical (unpaired) electrons. The average molecular weight is 287 g/mol. The summed E-state index contributed by atoms with van der Waals surface area (Å²) in [4.78, 5) is 0. The standard InChI is InChI=1S/C11H12BrO2P/c1-4-15(13,5-2)11-8-9(14-3)6-7-10(11)12/h4-8H,1-2H2,3H3. The second-order valence-corrected chi connectivity index (χ2v) is 6.38. The molecule has 0 bridgehead atoms. The van der Waals surface area contributed by atoms with Crippen LogP contribution in [0.25, 0.3) is 0 Å². The Morgan fingerprint density at radius 2 is 2.00 bits per heavy atom. The molecule has 0 unspecified atom stereocenters. The van der Waals surface area contributed by atoms with Gasteiger partial charge in [-0.05, 0) is 45.8 Å². The molecule has 1 aromatic carbocycles. The molecule has 80 valence electrons. The van der Waals surface area contributed by atoms with Crippen molar-refractivity contribution in [3.05, 3.63) is 47.5 Å². The van der Waals surface area contributed by atoms with Crippen molar-refractivity contribution < 1.29 is 9.30 Å². The number of methoxy groups -OCH3 is 1. The normalized spacial score (nSPS) is 10.8. The number of hydrogen-bond acceptors (Lipinski definition) is 2. The van der Waals surface area contributed by atoms with E-state index in [4.69, 9.17) is 4.74 Å². The first-order chi connectivity index (χ1) is 7.07. The second-order valence-electron chi connectivity index (χ2n) is 2.89. The summed E-state index contributed by atoms with van der Waals surface area (Å²) >= 11 is 3.35. The SMILES string of the molecule is C=CP(=O)(C=C)c1cc(OC)ccc1Br. The maximum atomic E-state index is 12.3. The zero-order valence-corrected chi connectivity index (χ0v) is 10.9. The van der Waals surface area contributed by atoms with Gasteiger partial charge in [-0.25, -0.2) is 0 Å². The molecule has 0 N–H and O–H groups in total. The fraction of sp³-hybridized carbons (Fsp3) is 0.0909. The van der Waals surface area contributed by atoms with Crippen molar-refractivity contribution in [1.82, 2.24) is 0 Å². The topological polar surface area (TPSA) is 26.3 Å². The van der Waals surface area contributed by atoms with Crippen molar-refractivity contribution in [2.45, 2.75) is 0 Å². The number of rotatable bonds is 4. The molecule has 2 nitrogen and oxygen atoms in total. The first-order valence-corrected chi connectivity index (χ1v) is 6.92. The van der Waals surface area contributed by atoms with E-state index in [1.807, 2.05) is 0 Å². The van der Waals surface area contributed by atoms with E-state index in [9.17, 15) is 4.57 Å². The lowest BCUT2D eigenvalue weighted by Crippen LogP contribution is -2.04. The fourth-order valence-electron chi connectivity index (χ4n) is 1.16. The van der Waals surface area contributed by atoms with E-state index < -0.39 is 7.14 Å². The lowest BCUT2D eigenvalue weighted by atomic mass is 10.3. The molecular weight excluding hydrogens is 275 g/mol. The van der Waals surface area contributed by atoms with Gasteiger partial charge in [0.2, 0.25) is 0 Å². The lowest BCUT2D eigenvalue weighted by Gasteiger charge is -2.12. The third kappa shape index (κ3) is 2.42. The van der Waals surface area contributed by atoms with Gasteiger partial charge in [0.15, 0.2) is 7.14 Å². The Balaban J connectivity index is 3.41. The summed E-state index contributed by atoms with van der Waals surface area (Å²) in [6.07, 6.45) is 0. The zero-order chi connectivity index (χ0) is 11.5. The third-order valence-electron chi connectivity index (χ3n) is 2.07. The van der Waals surface area contributed by atoms with Gasteiger partial charge < -0.3 is 9.30 Å². The van der Waals surface area contributed by atoms with Gasteiger partial charge in [0.1, 0.15) is 5.75 Å². The highest BCUT2D eigenvalue weighted by molar-refractivity contribution is 9.10. The summed E-state index contributed by atoms with van der Waals surface area (Å²) in [7, 11) is -1.14. The van der Waals surface area contributed by atoms with Crippen LogP contribution in [0.15, 0.2) is 47.5 Å². The smallest absolute Gasteiger partial charge is 0.157 e. The summed E-state index contributed by atoms with van der Waals surface area (Å²) in [6.45, 7) is 7.16. The van der Waals surface area contributed by atoms with Crippen molar-refractivity contribution in [3.63, 3.8) is 0 Å². The summed E-state index contributed by atoms with van der Waals surface area (Å²) in [5.74, 6) is 3.52.